The Morgan fingerprint density at radius 3 is 1.38 bits per heavy atom. The van der Waals surface area contributed by atoms with Crippen LogP contribution in [0.15, 0.2) is 0 Å². The molecule has 0 aromatic carbocycles. The molecule has 0 bridgehead atoms. The van der Waals surface area contributed by atoms with E-state index in [0.717, 1.165) is 25.7 Å². The summed E-state index contributed by atoms with van der Waals surface area (Å²) >= 11 is 0. The van der Waals surface area contributed by atoms with Crippen molar-refractivity contribution in [3.05, 3.63) is 0 Å². The van der Waals surface area contributed by atoms with Gasteiger partial charge < -0.3 is 9.84 Å². The van der Waals surface area contributed by atoms with E-state index in [2.05, 4.69) is 11.7 Å². The molecule has 0 radical (unpaired) electrons. The molecular formula is C23H46O3. The Morgan fingerprint density at radius 2 is 1.04 bits per heavy atom. The Kier molecular flexibility index (Phi) is 20.3. The van der Waals surface area contributed by atoms with Crippen LogP contribution in [0.5, 0.6) is 0 Å². The van der Waals surface area contributed by atoms with Crippen LogP contribution in [0.3, 0.4) is 0 Å². The van der Waals surface area contributed by atoms with Gasteiger partial charge in [0, 0.05) is 6.42 Å². The highest BCUT2D eigenvalue weighted by Gasteiger charge is 2.00. The molecule has 0 fully saturated rings. The lowest BCUT2D eigenvalue weighted by Crippen LogP contribution is -2.03. The molecule has 0 spiro atoms. The van der Waals surface area contributed by atoms with Gasteiger partial charge in [-0.2, -0.15) is 0 Å². The quantitative estimate of drug-likeness (QED) is 0.186. The molecule has 0 aliphatic rings. The van der Waals surface area contributed by atoms with E-state index in [1.165, 1.54) is 97.0 Å². The first-order valence-corrected chi connectivity index (χ1v) is 11.5. The number of aliphatic hydroxyl groups excluding tert-OH is 1. The third-order valence-electron chi connectivity index (χ3n) is 5.37. The Labute approximate surface area is 163 Å². The minimum atomic E-state index is -0.0724. The molecule has 156 valence electrons. The summed E-state index contributed by atoms with van der Waals surface area (Å²) in [5.41, 5.74) is 0. The first kappa shape index (κ1) is 25.4. The average Bonchev–Trinajstić information content (AvgIpc) is 2.66. The zero-order chi connectivity index (χ0) is 19.3. The van der Waals surface area contributed by atoms with E-state index in [1.54, 1.807) is 0 Å². The number of carbonyl (C=O) groups excluding carboxylic acids is 1. The first-order valence-electron chi connectivity index (χ1n) is 11.5. The minimum absolute atomic E-state index is 0.0680. The van der Waals surface area contributed by atoms with Gasteiger partial charge in [0.25, 0.3) is 0 Å². The number of ether oxygens (including phenoxy) is 1. The van der Waals surface area contributed by atoms with Gasteiger partial charge >= 0.3 is 5.97 Å². The van der Waals surface area contributed by atoms with Crippen molar-refractivity contribution in [2.24, 2.45) is 0 Å². The van der Waals surface area contributed by atoms with Crippen LogP contribution in [0.25, 0.3) is 0 Å². The normalized spacial score (nSPS) is 12.3. The number of unbranched alkanes of at least 4 members (excludes halogenated alkanes) is 15. The predicted molar refractivity (Wildman–Crippen MR) is 111 cm³/mol. The van der Waals surface area contributed by atoms with Crippen LogP contribution >= 0.6 is 0 Å². The summed E-state index contributed by atoms with van der Waals surface area (Å²) in [6, 6.07) is 0. The summed E-state index contributed by atoms with van der Waals surface area (Å²) in [7, 11) is 1.46. The summed E-state index contributed by atoms with van der Waals surface area (Å²) < 4.78 is 4.64. The Morgan fingerprint density at radius 1 is 0.692 bits per heavy atom. The molecule has 0 rings (SSSR count). The van der Waals surface area contributed by atoms with E-state index in [0.29, 0.717) is 6.42 Å². The summed E-state index contributed by atoms with van der Waals surface area (Å²) in [4.78, 5) is 11.0. The van der Waals surface area contributed by atoms with E-state index in [4.69, 9.17) is 0 Å². The fourth-order valence-electron chi connectivity index (χ4n) is 3.43. The highest BCUT2D eigenvalue weighted by atomic mass is 16.5. The monoisotopic (exact) mass is 370 g/mol. The zero-order valence-electron chi connectivity index (χ0n) is 17.8. The molecule has 0 saturated heterocycles. The molecule has 0 saturated carbocycles. The maximum atomic E-state index is 11.0. The van der Waals surface area contributed by atoms with Crippen LogP contribution in [0.1, 0.15) is 129 Å². The van der Waals surface area contributed by atoms with Crippen molar-refractivity contribution in [1.82, 2.24) is 0 Å². The summed E-state index contributed by atoms with van der Waals surface area (Å²) in [5.74, 6) is -0.0724. The molecule has 0 aliphatic carbocycles. The topological polar surface area (TPSA) is 46.5 Å². The fourth-order valence-corrected chi connectivity index (χ4v) is 3.43. The largest absolute Gasteiger partial charge is 0.469 e. The van der Waals surface area contributed by atoms with Gasteiger partial charge in [-0.05, 0) is 19.3 Å². The number of rotatable bonds is 20. The second kappa shape index (κ2) is 20.7. The molecular weight excluding hydrogens is 324 g/mol. The van der Waals surface area contributed by atoms with Crippen LogP contribution in [-0.4, -0.2) is 24.3 Å². The van der Waals surface area contributed by atoms with Crippen LogP contribution in [0, 0.1) is 0 Å². The molecule has 1 N–H and O–H groups in total. The predicted octanol–water partition coefficient (Wildman–Crippen LogP) is 6.95. The summed E-state index contributed by atoms with van der Waals surface area (Å²) in [6.07, 6.45) is 23.4. The van der Waals surface area contributed by atoms with Crippen LogP contribution in [-0.2, 0) is 9.53 Å². The second-order valence-electron chi connectivity index (χ2n) is 7.83. The molecule has 0 amide bonds. The minimum Gasteiger partial charge on any atom is -0.469 e. The van der Waals surface area contributed by atoms with E-state index in [1.807, 2.05) is 0 Å². The van der Waals surface area contributed by atoms with E-state index in [9.17, 15) is 9.90 Å². The third kappa shape index (κ3) is 19.8. The van der Waals surface area contributed by atoms with Crippen molar-refractivity contribution in [1.29, 1.82) is 0 Å². The SMILES string of the molecule is CCC(O)CCCCCCCCCCCCCCCCCCC(=O)OC. The number of aliphatic hydroxyl groups is 1. The number of carbonyl (C=O) groups is 1. The lowest BCUT2D eigenvalue weighted by Gasteiger charge is -2.06. The van der Waals surface area contributed by atoms with Gasteiger partial charge in [0.2, 0.25) is 0 Å². The molecule has 0 aromatic rings. The zero-order valence-corrected chi connectivity index (χ0v) is 17.8. The molecule has 3 nitrogen and oxygen atoms in total. The van der Waals surface area contributed by atoms with Gasteiger partial charge in [-0.25, -0.2) is 0 Å². The molecule has 0 aliphatic heterocycles. The lowest BCUT2D eigenvalue weighted by molar-refractivity contribution is -0.140. The highest BCUT2D eigenvalue weighted by Crippen LogP contribution is 2.14. The second-order valence-corrected chi connectivity index (χ2v) is 7.83. The van der Waals surface area contributed by atoms with Crippen molar-refractivity contribution in [3.8, 4) is 0 Å². The maximum absolute atomic E-state index is 11.0. The van der Waals surface area contributed by atoms with Gasteiger partial charge in [-0.15, -0.1) is 0 Å². The van der Waals surface area contributed by atoms with Gasteiger partial charge in [-0.3, -0.25) is 4.79 Å². The summed E-state index contributed by atoms with van der Waals surface area (Å²) in [5, 5.41) is 9.49. The van der Waals surface area contributed by atoms with Crippen molar-refractivity contribution in [2.75, 3.05) is 7.11 Å². The average molecular weight is 371 g/mol. The molecule has 0 aromatic heterocycles. The standard InChI is InChI=1S/C23H46O3/c1-3-22(24)20-18-16-14-12-10-8-6-4-5-7-9-11-13-15-17-19-21-23(25)26-2/h22,24H,3-21H2,1-2H3. The molecule has 26 heavy (non-hydrogen) atoms. The summed E-state index contributed by atoms with van der Waals surface area (Å²) in [6.45, 7) is 2.06. The number of hydrogen-bond acceptors (Lipinski definition) is 3. The molecule has 3 heteroatoms. The maximum Gasteiger partial charge on any atom is 0.305 e. The van der Waals surface area contributed by atoms with Crippen molar-refractivity contribution in [3.63, 3.8) is 0 Å². The Hall–Kier alpha value is -0.570. The highest BCUT2D eigenvalue weighted by molar-refractivity contribution is 5.68. The van der Waals surface area contributed by atoms with Crippen LogP contribution in [0.2, 0.25) is 0 Å². The Balaban J connectivity index is 3.04. The van der Waals surface area contributed by atoms with Crippen LogP contribution < -0.4 is 0 Å². The number of methoxy groups -OCH3 is 1. The first-order chi connectivity index (χ1) is 12.7. The van der Waals surface area contributed by atoms with Gasteiger partial charge in [0.15, 0.2) is 0 Å². The lowest BCUT2D eigenvalue weighted by atomic mass is 10.0. The van der Waals surface area contributed by atoms with Crippen molar-refractivity contribution < 1.29 is 14.6 Å². The van der Waals surface area contributed by atoms with Gasteiger partial charge in [-0.1, -0.05) is 103 Å². The smallest absolute Gasteiger partial charge is 0.305 e. The van der Waals surface area contributed by atoms with Crippen molar-refractivity contribution in [2.45, 2.75) is 135 Å². The van der Waals surface area contributed by atoms with E-state index >= 15 is 0 Å². The van der Waals surface area contributed by atoms with E-state index < -0.39 is 0 Å². The number of hydrogen-bond donors (Lipinski definition) is 1. The number of esters is 1. The third-order valence-corrected chi connectivity index (χ3v) is 5.37. The van der Waals surface area contributed by atoms with Gasteiger partial charge in [0.1, 0.15) is 0 Å². The fraction of sp³-hybridized carbons (Fsp3) is 0.957. The van der Waals surface area contributed by atoms with Crippen molar-refractivity contribution >= 4 is 5.97 Å². The van der Waals surface area contributed by atoms with E-state index in [-0.39, 0.29) is 12.1 Å². The molecule has 1 atom stereocenters. The van der Waals surface area contributed by atoms with Gasteiger partial charge in [0.05, 0.1) is 13.2 Å². The molecule has 1 unspecified atom stereocenters. The molecule has 0 heterocycles. The Bertz CT molecular complexity index is 291. The van der Waals surface area contributed by atoms with Crippen LogP contribution in [0.4, 0.5) is 0 Å².